The minimum Gasteiger partial charge on any atom is -0.393 e. The molecule has 2 unspecified atom stereocenters. The van der Waals surface area contributed by atoms with E-state index in [0.717, 1.165) is 37.8 Å². The predicted molar refractivity (Wildman–Crippen MR) is 72.1 cm³/mol. The molecular formula is C13H19N3O3. The fraction of sp³-hybridized carbons (Fsp3) is 0.615. The number of nitro groups is 1. The molecule has 0 bridgehead atoms. The molecule has 2 rings (SSSR count). The molecule has 2 N–H and O–H groups in total. The first-order chi connectivity index (χ1) is 9.06. The standard InChI is InChI=1S/C13H19N3O3/c1-9-5-11(16(18)19)8-15-13(9)14-7-10-3-2-4-12(17)6-10/h5,8,10,12,17H,2-4,6-7H2,1H3,(H,14,15). The van der Waals surface area contributed by atoms with Crippen molar-refractivity contribution in [2.24, 2.45) is 5.92 Å². The third-order valence-electron chi connectivity index (χ3n) is 3.59. The van der Waals surface area contributed by atoms with Crippen molar-refractivity contribution in [3.05, 3.63) is 27.9 Å². The van der Waals surface area contributed by atoms with Crippen LogP contribution in [0.5, 0.6) is 0 Å². The van der Waals surface area contributed by atoms with E-state index in [1.807, 2.05) is 0 Å². The van der Waals surface area contributed by atoms with E-state index in [1.165, 1.54) is 12.3 Å². The zero-order valence-electron chi connectivity index (χ0n) is 11.0. The number of pyridine rings is 1. The van der Waals surface area contributed by atoms with Crippen LogP contribution in [0.4, 0.5) is 11.5 Å². The number of nitrogens with one attached hydrogen (secondary N) is 1. The van der Waals surface area contributed by atoms with Crippen LogP contribution in [-0.2, 0) is 0 Å². The highest BCUT2D eigenvalue weighted by Crippen LogP contribution is 2.25. The van der Waals surface area contributed by atoms with E-state index < -0.39 is 4.92 Å². The Morgan fingerprint density at radius 3 is 3.00 bits per heavy atom. The molecule has 1 heterocycles. The van der Waals surface area contributed by atoms with E-state index in [-0.39, 0.29) is 11.8 Å². The summed E-state index contributed by atoms with van der Waals surface area (Å²) in [5.41, 5.74) is 0.779. The first-order valence-corrected chi connectivity index (χ1v) is 6.59. The minimum atomic E-state index is -0.443. The topological polar surface area (TPSA) is 88.3 Å². The van der Waals surface area contributed by atoms with Gasteiger partial charge in [0.25, 0.3) is 5.69 Å². The Morgan fingerprint density at radius 1 is 1.58 bits per heavy atom. The third-order valence-corrected chi connectivity index (χ3v) is 3.59. The Balaban J connectivity index is 1.94. The highest BCUT2D eigenvalue weighted by atomic mass is 16.6. The number of rotatable bonds is 4. The quantitative estimate of drug-likeness (QED) is 0.644. The van der Waals surface area contributed by atoms with Crippen molar-refractivity contribution in [2.75, 3.05) is 11.9 Å². The highest BCUT2D eigenvalue weighted by Gasteiger charge is 2.20. The summed E-state index contributed by atoms with van der Waals surface area (Å²) in [5, 5.41) is 23.5. The average molecular weight is 265 g/mol. The number of aromatic nitrogens is 1. The van der Waals surface area contributed by atoms with Crippen LogP contribution in [0.2, 0.25) is 0 Å². The van der Waals surface area contributed by atoms with E-state index in [4.69, 9.17) is 0 Å². The van der Waals surface area contributed by atoms with E-state index in [2.05, 4.69) is 10.3 Å². The SMILES string of the molecule is Cc1cc([N+](=O)[O-])cnc1NCC1CCCC(O)C1. The van der Waals surface area contributed by atoms with Gasteiger partial charge in [-0.3, -0.25) is 10.1 Å². The van der Waals surface area contributed by atoms with Gasteiger partial charge in [-0.15, -0.1) is 0 Å². The van der Waals surface area contributed by atoms with E-state index in [9.17, 15) is 15.2 Å². The Hall–Kier alpha value is -1.69. The zero-order chi connectivity index (χ0) is 13.8. The lowest BCUT2D eigenvalue weighted by molar-refractivity contribution is -0.385. The van der Waals surface area contributed by atoms with Crippen molar-refractivity contribution in [3.8, 4) is 0 Å². The van der Waals surface area contributed by atoms with Crippen LogP contribution in [0, 0.1) is 23.0 Å². The van der Waals surface area contributed by atoms with Crippen LogP contribution < -0.4 is 5.32 Å². The Bertz CT molecular complexity index is 464. The van der Waals surface area contributed by atoms with E-state index in [0.29, 0.717) is 11.7 Å². The molecular weight excluding hydrogens is 246 g/mol. The number of aryl methyl sites for hydroxylation is 1. The molecule has 1 aromatic rings. The third kappa shape index (κ3) is 3.64. The van der Waals surface area contributed by atoms with Gasteiger partial charge in [-0.1, -0.05) is 6.42 Å². The minimum absolute atomic E-state index is 0.0103. The Labute approximate surface area is 112 Å². The number of aliphatic hydroxyl groups is 1. The van der Waals surface area contributed by atoms with Gasteiger partial charge in [-0.2, -0.15) is 0 Å². The summed E-state index contributed by atoms with van der Waals surface area (Å²) in [5.74, 6) is 1.13. The van der Waals surface area contributed by atoms with Crippen LogP contribution >= 0.6 is 0 Å². The molecule has 19 heavy (non-hydrogen) atoms. The zero-order valence-corrected chi connectivity index (χ0v) is 11.0. The van der Waals surface area contributed by atoms with Crippen molar-refractivity contribution in [2.45, 2.75) is 38.7 Å². The molecule has 0 saturated heterocycles. The number of nitrogens with zero attached hydrogens (tertiary/aromatic N) is 2. The van der Waals surface area contributed by atoms with Gasteiger partial charge in [0.2, 0.25) is 0 Å². The smallest absolute Gasteiger partial charge is 0.287 e. The van der Waals surface area contributed by atoms with Gasteiger partial charge in [-0.05, 0) is 37.7 Å². The monoisotopic (exact) mass is 265 g/mol. The maximum atomic E-state index is 10.6. The van der Waals surface area contributed by atoms with Gasteiger partial charge in [-0.25, -0.2) is 4.98 Å². The largest absolute Gasteiger partial charge is 0.393 e. The molecule has 0 spiro atoms. The summed E-state index contributed by atoms with van der Waals surface area (Å²) in [6.07, 6.45) is 4.96. The number of hydrogen-bond acceptors (Lipinski definition) is 5. The highest BCUT2D eigenvalue weighted by molar-refractivity contribution is 5.48. The summed E-state index contributed by atoms with van der Waals surface area (Å²) < 4.78 is 0. The molecule has 2 atom stereocenters. The summed E-state index contributed by atoms with van der Waals surface area (Å²) >= 11 is 0. The molecule has 0 radical (unpaired) electrons. The first kappa shape index (κ1) is 13.7. The summed E-state index contributed by atoms with van der Waals surface area (Å²) in [7, 11) is 0. The van der Waals surface area contributed by atoms with E-state index >= 15 is 0 Å². The molecule has 0 aliphatic heterocycles. The number of aliphatic hydroxyl groups excluding tert-OH is 1. The van der Waals surface area contributed by atoms with Gasteiger partial charge in [0.1, 0.15) is 12.0 Å². The molecule has 1 saturated carbocycles. The van der Waals surface area contributed by atoms with Crippen LogP contribution in [0.15, 0.2) is 12.3 Å². The second kappa shape index (κ2) is 5.97. The predicted octanol–water partition coefficient (Wildman–Crippen LogP) is 2.26. The molecule has 1 aliphatic rings. The van der Waals surface area contributed by atoms with Crippen LogP contribution in [-0.4, -0.2) is 27.7 Å². The van der Waals surface area contributed by atoms with Crippen molar-refractivity contribution >= 4 is 11.5 Å². The molecule has 1 aromatic heterocycles. The lowest BCUT2D eigenvalue weighted by atomic mass is 9.87. The molecule has 6 nitrogen and oxygen atoms in total. The summed E-state index contributed by atoms with van der Waals surface area (Å²) in [6.45, 7) is 2.56. The number of hydrogen-bond donors (Lipinski definition) is 2. The lowest BCUT2D eigenvalue weighted by Crippen LogP contribution is -2.25. The number of anilines is 1. The molecule has 1 fully saturated rings. The average Bonchev–Trinajstić information content (AvgIpc) is 2.37. The lowest BCUT2D eigenvalue weighted by Gasteiger charge is -2.26. The second-order valence-electron chi connectivity index (χ2n) is 5.18. The molecule has 0 amide bonds. The second-order valence-corrected chi connectivity index (χ2v) is 5.18. The summed E-state index contributed by atoms with van der Waals surface area (Å²) in [6, 6.07) is 1.52. The maximum absolute atomic E-state index is 10.6. The van der Waals surface area contributed by atoms with Gasteiger partial charge in [0, 0.05) is 12.6 Å². The Morgan fingerprint density at radius 2 is 2.37 bits per heavy atom. The van der Waals surface area contributed by atoms with Gasteiger partial charge < -0.3 is 10.4 Å². The van der Waals surface area contributed by atoms with Gasteiger partial charge in [0.15, 0.2) is 0 Å². The van der Waals surface area contributed by atoms with Gasteiger partial charge >= 0.3 is 0 Å². The van der Waals surface area contributed by atoms with Gasteiger partial charge in [0.05, 0.1) is 11.0 Å². The Kier molecular flexibility index (Phi) is 4.31. The molecule has 104 valence electrons. The van der Waals surface area contributed by atoms with Crippen molar-refractivity contribution in [1.29, 1.82) is 0 Å². The van der Waals surface area contributed by atoms with Crippen LogP contribution in [0.3, 0.4) is 0 Å². The fourth-order valence-electron chi connectivity index (χ4n) is 2.53. The molecule has 0 aromatic carbocycles. The van der Waals surface area contributed by atoms with Crippen molar-refractivity contribution in [3.63, 3.8) is 0 Å². The van der Waals surface area contributed by atoms with Crippen LogP contribution in [0.1, 0.15) is 31.2 Å². The van der Waals surface area contributed by atoms with Crippen molar-refractivity contribution < 1.29 is 10.0 Å². The molecule has 6 heteroatoms. The summed E-state index contributed by atoms with van der Waals surface area (Å²) in [4.78, 5) is 14.3. The van der Waals surface area contributed by atoms with Crippen molar-refractivity contribution in [1.82, 2.24) is 4.98 Å². The van der Waals surface area contributed by atoms with E-state index in [1.54, 1.807) is 6.92 Å². The normalized spacial score (nSPS) is 23.1. The van der Waals surface area contributed by atoms with Crippen LogP contribution in [0.25, 0.3) is 0 Å². The maximum Gasteiger partial charge on any atom is 0.287 e. The first-order valence-electron chi connectivity index (χ1n) is 6.59. The molecule has 1 aliphatic carbocycles. The fourth-order valence-corrected chi connectivity index (χ4v) is 2.53.